The van der Waals surface area contributed by atoms with Crippen molar-refractivity contribution in [1.29, 1.82) is 0 Å². The summed E-state index contributed by atoms with van der Waals surface area (Å²) in [7, 11) is 0. The molecule has 1 atom stereocenters. The average Bonchev–Trinajstić information content (AvgIpc) is 3.13. The van der Waals surface area contributed by atoms with Crippen molar-refractivity contribution in [2.24, 2.45) is 0 Å². The van der Waals surface area contributed by atoms with E-state index in [2.05, 4.69) is 0 Å². The summed E-state index contributed by atoms with van der Waals surface area (Å²) >= 11 is 1.60. The number of carbonyl (C=O) groups is 2. The second-order valence-electron chi connectivity index (χ2n) is 6.66. The first kappa shape index (κ1) is 18.0. The number of thioether (sulfide) groups is 1. The van der Waals surface area contributed by atoms with Gasteiger partial charge in [-0.2, -0.15) is 0 Å². The number of carbonyl (C=O) groups excluding carboxylic acids is 2. The number of fused-ring (bicyclic) bond motifs is 1. The van der Waals surface area contributed by atoms with Crippen LogP contribution in [0.25, 0.3) is 0 Å². The van der Waals surface area contributed by atoms with Gasteiger partial charge in [-0.05, 0) is 36.2 Å². The van der Waals surface area contributed by atoms with E-state index in [1.807, 2.05) is 24.3 Å². The van der Waals surface area contributed by atoms with Crippen molar-refractivity contribution >= 4 is 23.6 Å². The monoisotopic (exact) mass is 388 g/mol. The summed E-state index contributed by atoms with van der Waals surface area (Å²) in [6.45, 7) is 1.66. The largest absolute Gasteiger partial charge is 0.338 e. The molecule has 27 heavy (non-hydrogen) atoms. The van der Waals surface area contributed by atoms with Crippen LogP contribution in [0.1, 0.15) is 15.9 Å². The lowest BCUT2D eigenvalue weighted by molar-refractivity contribution is -0.132. The Kier molecular flexibility index (Phi) is 4.86. The summed E-state index contributed by atoms with van der Waals surface area (Å²) in [5.41, 5.74) is 1.32. The maximum absolute atomic E-state index is 13.4. The summed E-state index contributed by atoms with van der Waals surface area (Å²) in [6, 6.07) is 11.2. The van der Waals surface area contributed by atoms with Gasteiger partial charge >= 0.3 is 0 Å². The number of nitrogens with zero attached hydrogens (tertiary/aromatic N) is 2. The van der Waals surface area contributed by atoms with Gasteiger partial charge in [0.1, 0.15) is 0 Å². The summed E-state index contributed by atoms with van der Waals surface area (Å²) in [4.78, 5) is 29.8. The topological polar surface area (TPSA) is 40.6 Å². The predicted molar refractivity (Wildman–Crippen MR) is 98.6 cm³/mol. The molecule has 140 valence electrons. The van der Waals surface area contributed by atoms with E-state index in [0.29, 0.717) is 26.2 Å². The Balaban J connectivity index is 1.35. The van der Waals surface area contributed by atoms with Crippen molar-refractivity contribution in [3.63, 3.8) is 0 Å². The van der Waals surface area contributed by atoms with E-state index in [1.54, 1.807) is 21.6 Å². The first-order chi connectivity index (χ1) is 13.0. The standard InChI is InChI=1S/C20H18F2N2O2S/c21-15-6-5-14(11-16(15)22)19(25)23-7-9-24(10-8-23)20(26)18-12-13-3-1-2-4-17(13)27-18/h1-6,11,18H,7-10,12H2. The van der Waals surface area contributed by atoms with Gasteiger partial charge in [-0.15, -0.1) is 11.8 Å². The Morgan fingerprint density at radius 1 is 0.926 bits per heavy atom. The Hall–Kier alpha value is -2.41. The lowest BCUT2D eigenvalue weighted by Gasteiger charge is -2.35. The molecular weight excluding hydrogens is 370 g/mol. The van der Waals surface area contributed by atoms with Gasteiger partial charge < -0.3 is 9.80 Å². The maximum Gasteiger partial charge on any atom is 0.254 e. The number of rotatable bonds is 2. The van der Waals surface area contributed by atoms with E-state index in [4.69, 9.17) is 0 Å². The number of halogens is 2. The van der Waals surface area contributed by atoms with Crippen LogP contribution >= 0.6 is 11.8 Å². The quantitative estimate of drug-likeness (QED) is 0.794. The van der Waals surface area contributed by atoms with E-state index < -0.39 is 11.6 Å². The Morgan fingerprint density at radius 3 is 2.33 bits per heavy atom. The highest BCUT2D eigenvalue weighted by Crippen LogP contribution is 2.37. The van der Waals surface area contributed by atoms with Crippen LogP contribution in [-0.4, -0.2) is 53.0 Å². The molecule has 0 radical (unpaired) electrons. The van der Waals surface area contributed by atoms with Crippen molar-refractivity contribution in [2.75, 3.05) is 26.2 Å². The molecular formula is C20H18F2N2O2S. The van der Waals surface area contributed by atoms with Gasteiger partial charge in [-0.3, -0.25) is 9.59 Å². The van der Waals surface area contributed by atoms with Gasteiger partial charge in [0.15, 0.2) is 11.6 Å². The van der Waals surface area contributed by atoms with Crippen LogP contribution in [0.3, 0.4) is 0 Å². The molecule has 1 unspecified atom stereocenters. The predicted octanol–water partition coefficient (Wildman–Crippen LogP) is 2.97. The van der Waals surface area contributed by atoms with E-state index in [-0.39, 0.29) is 22.6 Å². The fourth-order valence-corrected chi connectivity index (χ4v) is 4.74. The summed E-state index contributed by atoms with van der Waals surface area (Å²) < 4.78 is 26.4. The number of benzene rings is 2. The molecule has 2 aliphatic heterocycles. The van der Waals surface area contributed by atoms with E-state index in [9.17, 15) is 18.4 Å². The average molecular weight is 388 g/mol. The number of amides is 2. The molecule has 0 N–H and O–H groups in total. The Labute approximate surface area is 160 Å². The zero-order valence-electron chi connectivity index (χ0n) is 14.5. The number of piperazine rings is 1. The molecule has 2 aromatic carbocycles. The first-order valence-corrected chi connectivity index (χ1v) is 9.68. The molecule has 2 aliphatic rings. The van der Waals surface area contributed by atoms with Crippen molar-refractivity contribution in [3.8, 4) is 0 Å². The van der Waals surface area contributed by atoms with Crippen molar-refractivity contribution < 1.29 is 18.4 Å². The summed E-state index contributed by atoms with van der Waals surface area (Å²) in [6.07, 6.45) is 0.730. The molecule has 1 fully saturated rings. The van der Waals surface area contributed by atoms with Crippen molar-refractivity contribution in [3.05, 3.63) is 65.2 Å². The fraction of sp³-hybridized carbons (Fsp3) is 0.300. The molecule has 7 heteroatoms. The molecule has 2 amide bonds. The molecule has 0 aromatic heterocycles. The zero-order valence-corrected chi connectivity index (χ0v) is 15.3. The minimum Gasteiger partial charge on any atom is -0.338 e. The fourth-order valence-electron chi connectivity index (χ4n) is 3.47. The van der Waals surface area contributed by atoms with Crippen LogP contribution in [-0.2, 0) is 11.2 Å². The second kappa shape index (κ2) is 7.31. The van der Waals surface area contributed by atoms with Gasteiger partial charge in [0.2, 0.25) is 5.91 Å². The van der Waals surface area contributed by atoms with Gasteiger partial charge in [-0.1, -0.05) is 18.2 Å². The smallest absolute Gasteiger partial charge is 0.254 e. The normalized spacial score (nSPS) is 19.1. The van der Waals surface area contributed by atoms with Crippen LogP contribution in [0.15, 0.2) is 47.4 Å². The van der Waals surface area contributed by atoms with Gasteiger partial charge in [-0.25, -0.2) is 8.78 Å². The zero-order chi connectivity index (χ0) is 19.0. The van der Waals surface area contributed by atoms with Gasteiger partial charge in [0, 0.05) is 36.6 Å². The van der Waals surface area contributed by atoms with Crippen molar-refractivity contribution in [2.45, 2.75) is 16.6 Å². The first-order valence-electron chi connectivity index (χ1n) is 8.80. The molecule has 4 nitrogen and oxygen atoms in total. The molecule has 0 spiro atoms. The maximum atomic E-state index is 13.4. The highest BCUT2D eigenvalue weighted by molar-refractivity contribution is 8.01. The molecule has 2 heterocycles. The van der Waals surface area contributed by atoms with Crippen LogP contribution in [0, 0.1) is 11.6 Å². The highest BCUT2D eigenvalue weighted by atomic mass is 32.2. The molecule has 0 aliphatic carbocycles. The van der Waals surface area contributed by atoms with E-state index in [1.165, 1.54) is 11.6 Å². The number of hydrogen-bond donors (Lipinski definition) is 0. The Morgan fingerprint density at radius 2 is 1.63 bits per heavy atom. The molecule has 2 aromatic rings. The molecule has 1 saturated heterocycles. The van der Waals surface area contributed by atoms with Gasteiger partial charge in [0.25, 0.3) is 5.91 Å². The van der Waals surface area contributed by atoms with E-state index in [0.717, 1.165) is 23.4 Å². The SMILES string of the molecule is O=C(c1ccc(F)c(F)c1)N1CCN(C(=O)C2Cc3ccccc3S2)CC1. The van der Waals surface area contributed by atoms with Crippen LogP contribution in [0.2, 0.25) is 0 Å². The lowest BCUT2D eigenvalue weighted by Crippen LogP contribution is -2.52. The minimum atomic E-state index is -1.03. The molecule has 0 saturated carbocycles. The summed E-state index contributed by atoms with van der Waals surface area (Å²) in [5, 5.41) is -0.115. The Bertz CT molecular complexity index is 872. The van der Waals surface area contributed by atoms with Crippen LogP contribution < -0.4 is 0 Å². The van der Waals surface area contributed by atoms with Crippen LogP contribution in [0.4, 0.5) is 8.78 Å². The third-order valence-corrected chi connectivity index (χ3v) is 6.27. The summed E-state index contributed by atoms with van der Waals surface area (Å²) in [5.74, 6) is -2.26. The lowest BCUT2D eigenvalue weighted by atomic mass is 10.1. The van der Waals surface area contributed by atoms with Crippen LogP contribution in [0.5, 0.6) is 0 Å². The van der Waals surface area contributed by atoms with Gasteiger partial charge in [0.05, 0.1) is 5.25 Å². The van der Waals surface area contributed by atoms with E-state index >= 15 is 0 Å². The molecule has 0 bridgehead atoms. The highest BCUT2D eigenvalue weighted by Gasteiger charge is 2.33. The van der Waals surface area contributed by atoms with Crippen molar-refractivity contribution in [1.82, 2.24) is 9.80 Å². The third kappa shape index (κ3) is 3.56. The third-order valence-electron chi connectivity index (χ3n) is 4.97. The molecule has 4 rings (SSSR count). The second-order valence-corrected chi connectivity index (χ2v) is 7.91. The minimum absolute atomic E-state index is 0.0936. The number of hydrogen-bond acceptors (Lipinski definition) is 3.